The van der Waals surface area contributed by atoms with Crippen LogP contribution < -0.4 is 20.7 Å². The Bertz CT molecular complexity index is 1060. The number of hydrogen-bond acceptors (Lipinski definition) is 1. The molecule has 3 heteroatoms. The fourth-order valence-corrected chi connectivity index (χ4v) is 11.2. The molecule has 0 heterocycles. The zero-order chi connectivity index (χ0) is 24.6. The molecule has 0 aromatic heterocycles. The average molecular weight is 493 g/mol. The van der Waals surface area contributed by atoms with Crippen LogP contribution in [0.1, 0.15) is 49.9 Å². The molecule has 0 bridgehead atoms. The van der Waals surface area contributed by atoms with E-state index in [-0.39, 0.29) is 0 Å². The molecule has 4 aromatic carbocycles. The lowest BCUT2D eigenvalue weighted by molar-refractivity contribution is 0.631. The van der Waals surface area contributed by atoms with Crippen LogP contribution in [-0.2, 0) is 29.8 Å². The van der Waals surface area contributed by atoms with Gasteiger partial charge in [0.25, 0.3) is 18.1 Å². The highest BCUT2D eigenvalue weighted by Gasteiger charge is 2.32. The quantitative estimate of drug-likeness (QED) is 0.287. The first kappa shape index (κ1) is 25.4. The van der Waals surface area contributed by atoms with Gasteiger partial charge < -0.3 is 4.12 Å². The highest BCUT2D eigenvalue weighted by molar-refractivity contribution is 6.92. The second-order valence-electron chi connectivity index (χ2n) is 8.80. The number of aryl methyl sites for hydroxylation is 4. The number of rotatable bonds is 10. The fourth-order valence-electron chi connectivity index (χ4n) is 4.81. The van der Waals surface area contributed by atoms with Gasteiger partial charge in [-0.2, -0.15) is 0 Å². The second kappa shape index (κ2) is 12.3. The Morgan fingerprint density at radius 2 is 0.629 bits per heavy atom. The molecule has 0 aliphatic carbocycles. The Labute approximate surface area is 215 Å². The van der Waals surface area contributed by atoms with Crippen molar-refractivity contribution < 1.29 is 4.12 Å². The van der Waals surface area contributed by atoms with E-state index in [1.807, 2.05) is 0 Å². The minimum Gasteiger partial charge on any atom is -0.442 e. The van der Waals surface area contributed by atoms with Gasteiger partial charge in [0.05, 0.1) is 0 Å². The van der Waals surface area contributed by atoms with Crippen LogP contribution in [0.25, 0.3) is 0 Å². The summed E-state index contributed by atoms with van der Waals surface area (Å²) in [6.45, 7) is 9.03. The maximum Gasteiger partial charge on any atom is 0.273 e. The highest BCUT2D eigenvalue weighted by Crippen LogP contribution is 2.11. The van der Waals surface area contributed by atoms with Crippen LogP contribution in [0.3, 0.4) is 0 Å². The summed E-state index contributed by atoms with van der Waals surface area (Å²) in [5.74, 6) is 0. The first-order valence-corrected chi connectivity index (χ1v) is 15.8. The molecule has 0 atom stereocenters. The summed E-state index contributed by atoms with van der Waals surface area (Å²) < 4.78 is 7.57. The third-order valence-electron chi connectivity index (χ3n) is 6.78. The van der Waals surface area contributed by atoms with Crippen molar-refractivity contribution in [1.82, 2.24) is 0 Å². The van der Waals surface area contributed by atoms with E-state index in [2.05, 4.69) is 125 Å². The number of benzene rings is 4. The number of hydrogen-bond donors (Lipinski definition) is 0. The van der Waals surface area contributed by atoms with Crippen molar-refractivity contribution >= 4 is 38.8 Å². The lowest BCUT2D eigenvalue weighted by Crippen LogP contribution is -2.58. The molecule has 0 aliphatic heterocycles. The Hall–Kier alpha value is -2.73. The van der Waals surface area contributed by atoms with Crippen molar-refractivity contribution in [1.29, 1.82) is 0 Å². The van der Waals surface area contributed by atoms with Crippen LogP contribution in [0.5, 0.6) is 0 Å². The van der Waals surface area contributed by atoms with Gasteiger partial charge in [-0.1, -0.05) is 125 Å². The molecule has 0 fully saturated rings. The SMILES string of the molecule is CCc1ccccc1[Si](O[Si](c1ccccc1CC)c1ccccc1CC)c1ccccc1CC. The lowest BCUT2D eigenvalue weighted by atomic mass is 10.2. The van der Waals surface area contributed by atoms with E-state index in [4.69, 9.17) is 4.12 Å². The topological polar surface area (TPSA) is 9.23 Å². The smallest absolute Gasteiger partial charge is 0.273 e. The van der Waals surface area contributed by atoms with Crippen LogP contribution in [-0.4, -0.2) is 18.1 Å². The molecule has 0 saturated heterocycles. The van der Waals surface area contributed by atoms with Crippen LogP contribution >= 0.6 is 0 Å². The standard InChI is InChI=1S/C32H36OSi2/c1-5-25-17-9-13-21-29(25)34(30-22-14-10-18-26(30)6-2)33-35(31-23-15-11-19-27(31)7-3)32-24-16-12-20-28(32)8-4/h9-24H,5-8H2,1-4H3. The van der Waals surface area contributed by atoms with E-state index in [0.717, 1.165) is 25.7 Å². The molecule has 4 aromatic rings. The molecule has 2 radical (unpaired) electrons. The van der Waals surface area contributed by atoms with Gasteiger partial charge in [0, 0.05) is 0 Å². The van der Waals surface area contributed by atoms with Gasteiger partial charge in [0.2, 0.25) is 0 Å². The van der Waals surface area contributed by atoms with Gasteiger partial charge >= 0.3 is 0 Å². The monoisotopic (exact) mass is 492 g/mol. The molecular formula is C32H36OSi2. The zero-order valence-corrected chi connectivity index (χ0v) is 23.5. The van der Waals surface area contributed by atoms with Crippen molar-refractivity contribution in [3.05, 3.63) is 119 Å². The maximum atomic E-state index is 7.57. The van der Waals surface area contributed by atoms with Crippen LogP contribution in [0.4, 0.5) is 0 Å². The summed E-state index contributed by atoms with van der Waals surface area (Å²) in [5, 5.41) is 5.58. The van der Waals surface area contributed by atoms with Gasteiger partial charge in [-0.05, 0) is 68.7 Å². The summed E-state index contributed by atoms with van der Waals surface area (Å²) in [5.41, 5.74) is 5.62. The molecule has 1 nitrogen and oxygen atoms in total. The van der Waals surface area contributed by atoms with Gasteiger partial charge in [0.1, 0.15) is 0 Å². The molecule has 0 spiro atoms. The molecule has 0 unspecified atom stereocenters. The molecule has 0 saturated carbocycles. The minimum absolute atomic E-state index is 1.02. The van der Waals surface area contributed by atoms with E-state index in [1.165, 1.54) is 43.0 Å². The van der Waals surface area contributed by atoms with Crippen molar-refractivity contribution in [2.45, 2.75) is 53.4 Å². The third-order valence-corrected chi connectivity index (χ3v) is 12.3. The summed E-state index contributed by atoms with van der Waals surface area (Å²) in [6, 6.07) is 35.8. The highest BCUT2D eigenvalue weighted by atomic mass is 28.4. The van der Waals surface area contributed by atoms with Gasteiger partial charge in [0.15, 0.2) is 0 Å². The largest absolute Gasteiger partial charge is 0.442 e. The molecule has 0 N–H and O–H groups in total. The summed E-state index contributed by atoms with van der Waals surface area (Å²) in [7, 11) is -2.96. The second-order valence-corrected chi connectivity index (χ2v) is 13.1. The molecule has 0 aliphatic rings. The Kier molecular flexibility index (Phi) is 8.92. The lowest BCUT2D eigenvalue weighted by Gasteiger charge is -2.28. The predicted molar refractivity (Wildman–Crippen MR) is 154 cm³/mol. The first-order valence-electron chi connectivity index (χ1n) is 13.0. The Morgan fingerprint density at radius 1 is 0.400 bits per heavy atom. The minimum atomic E-state index is -1.48. The average Bonchev–Trinajstić information content (AvgIpc) is 2.94. The van der Waals surface area contributed by atoms with Crippen molar-refractivity contribution in [3.63, 3.8) is 0 Å². The zero-order valence-electron chi connectivity index (χ0n) is 21.5. The van der Waals surface area contributed by atoms with Gasteiger partial charge in [-0.3, -0.25) is 0 Å². The molecular weight excluding hydrogens is 457 g/mol. The van der Waals surface area contributed by atoms with E-state index >= 15 is 0 Å². The van der Waals surface area contributed by atoms with E-state index in [1.54, 1.807) is 0 Å². The van der Waals surface area contributed by atoms with Crippen LogP contribution in [0.15, 0.2) is 97.1 Å². The van der Waals surface area contributed by atoms with Crippen molar-refractivity contribution in [2.75, 3.05) is 0 Å². The van der Waals surface area contributed by atoms with Crippen LogP contribution in [0.2, 0.25) is 0 Å². The van der Waals surface area contributed by atoms with E-state index < -0.39 is 18.1 Å². The van der Waals surface area contributed by atoms with Gasteiger partial charge in [-0.15, -0.1) is 0 Å². The molecule has 0 amide bonds. The van der Waals surface area contributed by atoms with E-state index in [9.17, 15) is 0 Å². The first-order chi connectivity index (χ1) is 17.2. The van der Waals surface area contributed by atoms with Crippen molar-refractivity contribution in [2.24, 2.45) is 0 Å². The fraction of sp³-hybridized carbons (Fsp3) is 0.250. The normalized spacial score (nSPS) is 11.4. The molecule has 178 valence electrons. The van der Waals surface area contributed by atoms with Crippen LogP contribution in [0, 0.1) is 0 Å². The third kappa shape index (κ3) is 5.58. The Balaban J connectivity index is 1.94. The van der Waals surface area contributed by atoms with E-state index in [0.29, 0.717) is 0 Å². The van der Waals surface area contributed by atoms with Crippen molar-refractivity contribution in [3.8, 4) is 0 Å². The summed E-state index contributed by atoms with van der Waals surface area (Å²) in [6.07, 6.45) is 4.06. The molecule has 4 rings (SSSR count). The predicted octanol–water partition coefficient (Wildman–Crippen LogP) is 4.86. The molecule has 35 heavy (non-hydrogen) atoms. The van der Waals surface area contributed by atoms with Gasteiger partial charge in [-0.25, -0.2) is 0 Å². The Morgan fingerprint density at radius 3 is 0.857 bits per heavy atom. The summed E-state index contributed by atoms with van der Waals surface area (Å²) >= 11 is 0. The maximum absolute atomic E-state index is 7.57. The summed E-state index contributed by atoms with van der Waals surface area (Å²) in [4.78, 5) is 0.